The molecule has 0 unspecified atom stereocenters. The van der Waals surface area contributed by atoms with Crippen molar-refractivity contribution in [2.75, 3.05) is 0 Å². The summed E-state index contributed by atoms with van der Waals surface area (Å²) in [6.07, 6.45) is 0. The van der Waals surface area contributed by atoms with E-state index >= 15 is 0 Å². The zero-order chi connectivity index (χ0) is 10.0. The average Bonchev–Trinajstić information content (AvgIpc) is 2.07. The van der Waals surface area contributed by atoms with Gasteiger partial charge in [0, 0.05) is 12.6 Å². The highest BCUT2D eigenvalue weighted by atomic mass is 35.5. The van der Waals surface area contributed by atoms with Gasteiger partial charge in [0.25, 0.3) is 0 Å². The Morgan fingerprint density at radius 3 is 2.69 bits per heavy atom. The molecule has 0 heterocycles. The summed E-state index contributed by atoms with van der Waals surface area (Å²) in [4.78, 5) is 9.42. The summed E-state index contributed by atoms with van der Waals surface area (Å²) in [5.41, 5.74) is 4.94. The molecule has 0 saturated heterocycles. The first-order chi connectivity index (χ1) is 6.06. The summed E-state index contributed by atoms with van der Waals surface area (Å²) in [6, 6.07) is 1.93. The van der Waals surface area contributed by atoms with Gasteiger partial charge in [-0.1, -0.05) is 11.6 Å². The Morgan fingerprint density at radius 1 is 1.62 bits per heavy atom. The Hall–Kier alpha value is -1.20. The molecule has 13 heavy (non-hydrogen) atoms. The van der Waals surface area contributed by atoms with Crippen molar-refractivity contribution in [3.63, 3.8) is 0 Å². The van der Waals surface area contributed by atoms with Gasteiger partial charge in [0.05, 0.1) is 9.95 Å². The monoisotopic (exact) mass is 204 g/mol. The number of benzene rings is 1. The summed E-state index contributed by atoms with van der Waals surface area (Å²) in [5.74, 6) is -0.921. The average molecular weight is 205 g/mol. The fraction of sp³-hybridized carbons (Fsp3) is 0.143. The molecular formula is C7H6ClFN2O2. The largest absolute Gasteiger partial charge is 0.326 e. The fourth-order valence-corrected chi connectivity index (χ4v) is 1.11. The minimum Gasteiger partial charge on any atom is -0.326 e. The number of nitrogens with zero attached hydrogens (tertiary/aromatic N) is 1. The van der Waals surface area contributed by atoms with Crippen LogP contribution in [0.15, 0.2) is 12.1 Å². The quantitative estimate of drug-likeness (QED) is 0.590. The van der Waals surface area contributed by atoms with Crippen LogP contribution in [-0.4, -0.2) is 4.92 Å². The van der Waals surface area contributed by atoms with Gasteiger partial charge in [-0.05, 0) is 11.6 Å². The van der Waals surface area contributed by atoms with E-state index in [1.54, 1.807) is 0 Å². The Labute approximate surface area is 78.3 Å². The normalized spacial score (nSPS) is 10.1. The lowest BCUT2D eigenvalue weighted by Crippen LogP contribution is -2.00. The molecule has 0 saturated carbocycles. The van der Waals surface area contributed by atoms with E-state index < -0.39 is 16.4 Å². The maximum atomic E-state index is 12.9. The third-order valence-electron chi connectivity index (χ3n) is 1.53. The van der Waals surface area contributed by atoms with Gasteiger partial charge in [-0.2, -0.15) is 4.39 Å². The fourth-order valence-electron chi connectivity index (χ4n) is 0.874. The zero-order valence-electron chi connectivity index (χ0n) is 6.46. The van der Waals surface area contributed by atoms with E-state index in [-0.39, 0.29) is 11.6 Å². The van der Waals surface area contributed by atoms with Crippen LogP contribution in [0.1, 0.15) is 5.56 Å². The molecule has 0 bridgehead atoms. The highest BCUT2D eigenvalue weighted by Gasteiger charge is 2.16. The summed E-state index contributed by atoms with van der Waals surface area (Å²) in [5, 5.41) is 10.4. The predicted molar refractivity (Wildman–Crippen MR) is 46.0 cm³/mol. The molecule has 1 rings (SSSR count). The first-order valence-corrected chi connectivity index (χ1v) is 3.76. The van der Waals surface area contributed by atoms with Crippen molar-refractivity contribution in [2.24, 2.45) is 5.73 Å². The Balaban J connectivity index is 3.28. The van der Waals surface area contributed by atoms with E-state index in [0.29, 0.717) is 5.56 Å². The van der Waals surface area contributed by atoms with Crippen LogP contribution in [0, 0.1) is 15.9 Å². The molecule has 1 aromatic rings. The van der Waals surface area contributed by atoms with Crippen molar-refractivity contribution in [2.45, 2.75) is 6.54 Å². The van der Waals surface area contributed by atoms with Crippen molar-refractivity contribution in [3.8, 4) is 0 Å². The van der Waals surface area contributed by atoms with E-state index in [0.717, 1.165) is 12.1 Å². The maximum Gasteiger partial charge on any atom is 0.306 e. The minimum atomic E-state index is -0.921. The summed E-state index contributed by atoms with van der Waals surface area (Å²) < 4.78 is 12.9. The summed E-state index contributed by atoms with van der Waals surface area (Å²) >= 11 is 5.59. The number of hydrogen-bond donors (Lipinski definition) is 1. The Kier molecular flexibility index (Phi) is 2.79. The van der Waals surface area contributed by atoms with Crippen molar-refractivity contribution >= 4 is 17.3 Å². The van der Waals surface area contributed by atoms with Crippen LogP contribution in [-0.2, 0) is 6.54 Å². The van der Waals surface area contributed by atoms with E-state index in [1.165, 1.54) is 0 Å². The van der Waals surface area contributed by atoms with Crippen molar-refractivity contribution in [3.05, 3.63) is 38.7 Å². The van der Waals surface area contributed by atoms with Crippen molar-refractivity contribution < 1.29 is 9.31 Å². The first-order valence-electron chi connectivity index (χ1n) is 3.38. The van der Waals surface area contributed by atoms with Crippen LogP contribution in [0.4, 0.5) is 10.1 Å². The summed E-state index contributed by atoms with van der Waals surface area (Å²) in [7, 11) is 0. The molecule has 0 aromatic heterocycles. The highest BCUT2D eigenvalue weighted by molar-refractivity contribution is 6.31. The summed E-state index contributed by atoms with van der Waals surface area (Å²) in [6.45, 7) is 0.0494. The molecule has 0 atom stereocenters. The van der Waals surface area contributed by atoms with E-state index in [2.05, 4.69) is 0 Å². The molecule has 0 amide bonds. The smallest absolute Gasteiger partial charge is 0.306 e. The van der Waals surface area contributed by atoms with Gasteiger partial charge >= 0.3 is 5.69 Å². The van der Waals surface area contributed by atoms with Crippen LogP contribution in [0.25, 0.3) is 0 Å². The molecule has 0 aliphatic rings. The molecular weight excluding hydrogens is 199 g/mol. The Morgan fingerprint density at radius 2 is 2.23 bits per heavy atom. The van der Waals surface area contributed by atoms with Gasteiger partial charge in [-0.15, -0.1) is 0 Å². The zero-order valence-corrected chi connectivity index (χ0v) is 7.21. The van der Waals surface area contributed by atoms with Gasteiger partial charge in [0.1, 0.15) is 0 Å². The van der Waals surface area contributed by atoms with Crippen LogP contribution in [0.2, 0.25) is 5.02 Å². The van der Waals surface area contributed by atoms with E-state index in [9.17, 15) is 14.5 Å². The molecule has 4 nitrogen and oxygen atoms in total. The number of rotatable bonds is 2. The lowest BCUT2D eigenvalue weighted by molar-refractivity contribution is -0.387. The Bertz CT molecular complexity index is 357. The molecule has 0 fully saturated rings. The van der Waals surface area contributed by atoms with Gasteiger partial charge in [0.15, 0.2) is 0 Å². The number of nitrogens with two attached hydrogens (primary N) is 1. The highest BCUT2D eigenvalue weighted by Crippen LogP contribution is 2.25. The van der Waals surface area contributed by atoms with E-state index in [4.69, 9.17) is 17.3 Å². The molecule has 0 aliphatic heterocycles. The molecule has 1 aromatic carbocycles. The number of nitro groups is 1. The third-order valence-corrected chi connectivity index (χ3v) is 1.88. The van der Waals surface area contributed by atoms with Crippen molar-refractivity contribution in [1.29, 1.82) is 0 Å². The topological polar surface area (TPSA) is 69.2 Å². The molecule has 0 spiro atoms. The maximum absolute atomic E-state index is 12.9. The third kappa shape index (κ3) is 1.93. The van der Waals surface area contributed by atoms with Gasteiger partial charge in [-0.25, -0.2) is 0 Å². The van der Waals surface area contributed by atoms with Crippen LogP contribution in [0.3, 0.4) is 0 Å². The second-order valence-corrected chi connectivity index (χ2v) is 2.76. The van der Waals surface area contributed by atoms with Crippen LogP contribution >= 0.6 is 11.6 Å². The molecule has 6 heteroatoms. The number of nitro benzene ring substituents is 1. The van der Waals surface area contributed by atoms with E-state index in [1.807, 2.05) is 0 Å². The van der Waals surface area contributed by atoms with Gasteiger partial charge in [-0.3, -0.25) is 10.1 Å². The SMILES string of the molecule is NCc1cc(F)c([N+](=O)[O-])cc1Cl. The minimum absolute atomic E-state index is 0.0494. The van der Waals surface area contributed by atoms with Gasteiger partial charge < -0.3 is 5.73 Å². The second-order valence-electron chi connectivity index (χ2n) is 2.36. The van der Waals surface area contributed by atoms with Crippen molar-refractivity contribution in [1.82, 2.24) is 0 Å². The molecule has 2 N–H and O–H groups in total. The lowest BCUT2D eigenvalue weighted by Gasteiger charge is -2.00. The van der Waals surface area contributed by atoms with Crippen LogP contribution < -0.4 is 5.73 Å². The standard InChI is InChI=1S/C7H6ClFN2O2/c8-5-2-7(11(12)13)6(9)1-4(5)3-10/h1-2H,3,10H2. The first kappa shape index (κ1) is 9.88. The second kappa shape index (κ2) is 3.68. The lowest BCUT2D eigenvalue weighted by atomic mass is 10.2. The molecule has 0 radical (unpaired) electrons. The molecule has 0 aliphatic carbocycles. The number of halogens is 2. The van der Waals surface area contributed by atoms with Crippen LogP contribution in [0.5, 0.6) is 0 Å². The predicted octanol–water partition coefficient (Wildman–Crippen LogP) is 1.85. The molecule has 70 valence electrons. The van der Waals surface area contributed by atoms with Gasteiger partial charge in [0.2, 0.25) is 5.82 Å². The number of hydrogen-bond acceptors (Lipinski definition) is 3.